The Morgan fingerprint density at radius 3 is 2.67 bits per heavy atom. The van der Waals surface area contributed by atoms with E-state index in [1.165, 1.54) is 17.7 Å². The van der Waals surface area contributed by atoms with Crippen LogP contribution < -0.4 is 5.76 Å². The van der Waals surface area contributed by atoms with Crippen molar-refractivity contribution >= 4 is 20.9 Å². The quantitative estimate of drug-likeness (QED) is 0.700. The molecule has 1 aromatic heterocycles. The van der Waals surface area contributed by atoms with Crippen LogP contribution in [0.1, 0.15) is 12.0 Å². The molecule has 0 N–H and O–H groups in total. The Hall–Kier alpha value is -1.81. The van der Waals surface area contributed by atoms with Gasteiger partial charge in [0.05, 0.1) is 17.0 Å². The third-order valence-electron chi connectivity index (χ3n) is 3.25. The van der Waals surface area contributed by atoms with Crippen molar-refractivity contribution in [1.82, 2.24) is 4.57 Å². The van der Waals surface area contributed by atoms with E-state index in [4.69, 9.17) is 4.42 Å². The van der Waals surface area contributed by atoms with E-state index in [0.717, 1.165) is 0 Å². The maximum absolute atomic E-state index is 12.0. The van der Waals surface area contributed by atoms with Crippen molar-refractivity contribution in [2.45, 2.75) is 18.3 Å². The SMILES string of the molecule is Cn1c(=O)oc2cc(CS(=O)(=O)CCCOCC(F)(F)F)ccc21. The lowest BCUT2D eigenvalue weighted by Gasteiger charge is -2.08. The zero-order valence-electron chi connectivity index (χ0n) is 12.8. The number of sulfone groups is 1. The third-order valence-corrected chi connectivity index (χ3v) is 4.94. The van der Waals surface area contributed by atoms with Crippen molar-refractivity contribution in [3.8, 4) is 0 Å². The van der Waals surface area contributed by atoms with E-state index in [1.54, 1.807) is 12.1 Å². The van der Waals surface area contributed by atoms with Crippen molar-refractivity contribution in [1.29, 1.82) is 0 Å². The zero-order valence-corrected chi connectivity index (χ0v) is 13.6. The molecule has 0 saturated carbocycles. The summed E-state index contributed by atoms with van der Waals surface area (Å²) in [7, 11) is -1.98. The first-order chi connectivity index (χ1) is 11.1. The average Bonchev–Trinajstić information content (AvgIpc) is 2.71. The Morgan fingerprint density at radius 2 is 2.00 bits per heavy atom. The highest BCUT2D eigenvalue weighted by atomic mass is 32.2. The molecule has 0 aliphatic heterocycles. The van der Waals surface area contributed by atoms with Gasteiger partial charge in [-0.2, -0.15) is 13.2 Å². The number of ether oxygens (including phenoxy) is 1. The minimum absolute atomic E-state index is 0.0267. The molecule has 0 unspecified atom stereocenters. The molecule has 1 heterocycles. The average molecular weight is 367 g/mol. The molecule has 10 heteroatoms. The Bertz CT molecular complexity index is 867. The lowest BCUT2D eigenvalue weighted by atomic mass is 10.2. The molecule has 0 aliphatic rings. The Balaban J connectivity index is 1.93. The molecule has 6 nitrogen and oxygen atoms in total. The molecule has 0 spiro atoms. The van der Waals surface area contributed by atoms with Gasteiger partial charge in [0.15, 0.2) is 15.4 Å². The number of oxazole rings is 1. The summed E-state index contributed by atoms with van der Waals surface area (Å²) in [6, 6.07) is 4.61. The second-order valence-electron chi connectivity index (χ2n) is 5.34. The van der Waals surface area contributed by atoms with E-state index in [1.807, 2.05) is 0 Å². The Labute approximate surface area is 135 Å². The number of halogens is 3. The first kappa shape index (κ1) is 18.5. The number of rotatable bonds is 7. The number of aromatic nitrogens is 1. The molecule has 0 atom stereocenters. The standard InChI is InChI=1S/C14H16F3NO5S/c1-18-11-4-3-10(7-12(11)23-13(18)19)8-24(20,21)6-2-5-22-9-14(15,16)17/h3-4,7H,2,5-6,8-9H2,1H3. The van der Waals surface area contributed by atoms with Crippen LogP contribution in [0.15, 0.2) is 27.4 Å². The van der Waals surface area contributed by atoms with Crippen LogP contribution in [0.2, 0.25) is 0 Å². The number of alkyl halides is 3. The van der Waals surface area contributed by atoms with Gasteiger partial charge in [0.2, 0.25) is 0 Å². The van der Waals surface area contributed by atoms with Crippen LogP contribution in [0.25, 0.3) is 11.1 Å². The van der Waals surface area contributed by atoms with Crippen molar-refractivity contribution in [3.63, 3.8) is 0 Å². The highest BCUT2D eigenvalue weighted by molar-refractivity contribution is 7.90. The monoisotopic (exact) mass is 367 g/mol. The molecular weight excluding hydrogens is 351 g/mol. The van der Waals surface area contributed by atoms with Crippen LogP contribution in [0.3, 0.4) is 0 Å². The summed E-state index contributed by atoms with van der Waals surface area (Å²) in [6.07, 6.45) is -4.45. The van der Waals surface area contributed by atoms with E-state index in [-0.39, 0.29) is 30.1 Å². The highest BCUT2D eigenvalue weighted by Crippen LogP contribution is 2.17. The Kier molecular flexibility index (Phi) is 5.38. The lowest BCUT2D eigenvalue weighted by molar-refractivity contribution is -0.173. The minimum atomic E-state index is -4.42. The van der Waals surface area contributed by atoms with Gasteiger partial charge in [-0.1, -0.05) is 6.07 Å². The first-order valence-electron chi connectivity index (χ1n) is 7.01. The predicted octanol–water partition coefficient (Wildman–Crippen LogP) is 2.02. The van der Waals surface area contributed by atoms with Crippen LogP contribution in [-0.2, 0) is 27.4 Å². The largest absolute Gasteiger partial charge is 0.419 e. The number of hydrogen-bond acceptors (Lipinski definition) is 5. The summed E-state index contributed by atoms with van der Waals surface area (Å²) in [5.74, 6) is -1.13. The molecule has 0 fully saturated rings. The van der Waals surface area contributed by atoms with Crippen molar-refractivity contribution in [2.24, 2.45) is 7.05 Å². The fourth-order valence-corrected chi connectivity index (χ4v) is 3.55. The molecular formula is C14H16F3NO5S. The van der Waals surface area contributed by atoms with Crippen LogP contribution in [-0.4, -0.2) is 38.1 Å². The molecule has 0 amide bonds. The summed E-state index contributed by atoms with van der Waals surface area (Å²) < 4.78 is 70.3. The normalized spacial score (nSPS) is 12.8. The summed E-state index contributed by atoms with van der Waals surface area (Å²) in [4.78, 5) is 11.4. The maximum Gasteiger partial charge on any atom is 0.419 e. The Morgan fingerprint density at radius 1 is 1.29 bits per heavy atom. The van der Waals surface area contributed by atoms with Crippen molar-refractivity contribution < 1.29 is 30.7 Å². The van der Waals surface area contributed by atoms with Gasteiger partial charge < -0.3 is 9.15 Å². The number of nitrogens with zero attached hydrogens (tertiary/aromatic N) is 1. The lowest BCUT2D eigenvalue weighted by Crippen LogP contribution is -2.18. The maximum atomic E-state index is 12.0. The van der Waals surface area contributed by atoms with Gasteiger partial charge in [0.1, 0.15) is 6.61 Å². The summed E-state index contributed by atoms with van der Waals surface area (Å²) in [5.41, 5.74) is 1.26. The van der Waals surface area contributed by atoms with E-state index in [2.05, 4.69) is 4.74 Å². The second kappa shape index (κ2) is 6.98. The van der Waals surface area contributed by atoms with Crippen molar-refractivity contribution in [2.75, 3.05) is 19.0 Å². The van der Waals surface area contributed by atoms with Crippen LogP contribution in [0.5, 0.6) is 0 Å². The molecule has 0 aliphatic carbocycles. The smallest absolute Gasteiger partial charge is 0.408 e. The van der Waals surface area contributed by atoms with Gasteiger partial charge in [-0.05, 0) is 24.1 Å². The highest BCUT2D eigenvalue weighted by Gasteiger charge is 2.27. The van der Waals surface area contributed by atoms with Crippen LogP contribution in [0, 0.1) is 0 Å². The number of fused-ring (bicyclic) bond motifs is 1. The first-order valence-corrected chi connectivity index (χ1v) is 8.83. The molecule has 2 aromatic rings. The molecule has 0 saturated heterocycles. The fourth-order valence-electron chi connectivity index (χ4n) is 2.16. The molecule has 24 heavy (non-hydrogen) atoms. The summed E-state index contributed by atoms with van der Waals surface area (Å²) in [6.45, 7) is -1.68. The molecule has 2 rings (SSSR count). The molecule has 0 bridgehead atoms. The third kappa shape index (κ3) is 5.10. The van der Waals surface area contributed by atoms with E-state index in [9.17, 15) is 26.4 Å². The second-order valence-corrected chi connectivity index (χ2v) is 7.53. The van der Waals surface area contributed by atoms with Gasteiger partial charge in [0.25, 0.3) is 0 Å². The van der Waals surface area contributed by atoms with E-state index < -0.39 is 28.4 Å². The van der Waals surface area contributed by atoms with Gasteiger partial charge in [-0.3, -0.25) is 4.57 Å². The minimum Gasteiger partial charge on any atom is -0.408 e. The summed E-state index contributed by atoms with van der Waals surface area (Å²) >= 11 is 0. The van der Waals surface area contributed by atoms with Gasteiger partial charge >= 0.3 is 11.9 Å². The molecule has 1 aromatic carbocycles. The number of aryl methyl sites for hydroxylation is 1. The number of benzene rings is 1. The predicted molar refractivity (Wildman–Crippen MR) is 80.4 cm³/mol. The molecule has 0 radical (unpaired) electrons. The van der Waals surface area contributed by atoms with Crippen LogP contribution in [0.4, 0.5) is 13.2 Å². The number of hydrogen-bond donors (Lipinski definition) is 0. The fraction of sp³-hybridized carbons (Fsp3) is 0.500. The van der Waals surface area contributed by atoms with Gasteiger partial charge in [0, 0.05) is 13.7 Å². The van der Waals surface area contributed by atoms with Crippen molar-refractivity contribution in [3.05, 3.63) is 34.3 Å². The zero-order chi connectivity index (χ0) is 18.0. The van der Waals surface area contributed by atoms with Gasteiger partial charge in [-0.25, -0.2) is 13.2 Å². The molecule has 134 valence electrons. The van der Waals surface area contributed by atoms with E-state index in [0.29, 0.717) is 11.1 Å². The summed E-state index contributed by atoms with van der Waals surface area (Å²) in [5, 5.41) is 0. The van der Waals surface area contributed by atoms with Gasteiger partial charge in [-0.15, -0.1) is 0 Å². The van der Waals surface area contributed by atoms with Crippen LogP contribution >= 0.6 is 0 Å². The van der Waals surface area contributed by atoms with E-state index >= 15 is 0 Å². The topological polar surface area (TPSA) is 78.5 Å².